The van der Waals surface area contributed by atoms with Crippen LogP contribution in [-0.2, 0) is 0 Å². The number of hydrogen-bond donors (Lipinski definition) is 1. The molecule has 19 heavy (non-hydrogen) atoms. The largest absolute Gasteiger partial charge is 0.479 e. The van der Waals surface area contributed by atoms with Crippen molar-refractivity contribution in [2.75, 3.05) is 11.9 Å². The van der Waals surface area contributed by atoms with Crippen LogP contribution in [0.5, 0.6) is 5.75 Å². The molecule has 2 aromatic rings. The number of aryl methyl sites for hydroxylation is 1. The van der Waals surface area contributed by atoms with Gasteiger partial charge in [0.2, 0.25) is 0 Å². The van der Waals surface area contributed by atoms with Crippen molar-refractivity contribution in [2.24, 2.45) is 0 Å². The van der Waals surface area contributed by atoms with E-state index in [0.717, 1.165) is 0 Å². The minimum Gasteiger partial charge on any atom is -0.479 e. The smallest absolute Gasteiger partial charge is 0.267 e. The number of benzene rings is 1. The van der Waals surface area contributed by atoms with E-state index in [1.54, 1.807) is 36.7 Å². The standard InChI is InChI=1S/C13H11N3O2S/c1-9-12(19-8-15-9)13(17)16-10-3-2-4-11(7-10)18-6-5-14/h2-4,7-8H,6H2,1H3,(H,16,17). The molecule has 2 rings (SSSR count). The number of aromatic nitrogens is 1. The predicted octanol–water partition coefficient (Wildman–Crippen LogP) is 2.61. The maximum absolute atomic E-state index is 12.0. The van der Waals surface area contributed by atoms with Crippen LogP contribution in [0.3, 0.4) is 0 Å². The molecule has 0 fully saturated rings. The van der Waals surface area contributed by atoms with Crippen molar-refractivity contribution in [1.29, 1.82) is 5.26 Å². The lowest BCUT2D eigenvalue weighted by atomic mass is 10.3. The minimum atomic E-state index is -0.197. The Balaban J connectivity index is 2.09. The lowest BCUT2D eigenvalue weighted by Crippen LogP contribution is -2.11. The summed E-state index contributed by atoms with van der Waals surface area (Å²) < 4.78 is 5.17. The van der Waals surface area contributed by atoms with Crippen LogP contribution in [-0.4, -0.2) is 17.5 Å². The highest BCUT2D eigenvalue weighted by atomic mass is 32.1. The zero-order valence-corrected chi connectivity index (χ0v) is 11.0. The zero-order valence-electron chi connectivity index (χ0n) is 10.2. The van der Waals surface area contributed by atoms with E-state index in [2.05, 4.69) is 10.3 Å². The van der Waals surface area contributed by atoms with Crippen LogP contribution in [0.15, 0.2) is 29.8 Å². The number of hydrogen-bond acceptors (Lipinski definition) is 5. The lowest BCUT2D eigenvalue weighted by Gasteiger charge is -2.06. The molecule has 0 unspecified atom stereocenters. The van der Waals surface area contributed by atoms with E-state index in [9.17, 15) is 4.79 Å². The van der Waals surface area contributed by atoms with Gasteiger partial charge in [0, 0.05) is 11.8 Å². The number of ether oxygens (including phenoxy) is 1. The summed E-state index contributed by atoms with van der Waals surface area (Å²) in [4.78, 5) is 16.6. The fourth-order valence-electron chi connectivity index (χ4n) is 1.49. The van der Waals surface area contributed by atoms with Crippen LogP contribution in [0, 0.1) is 18.3 Å². The zero-order chi connectivity index (χ0) is 13.7. The Morgan fingerprint density at radius 1 is 1.58 bits per heavy atom. The number of nitrogens with one attached hydrogen (secondary N) is 1. The van der Waals surface area contributed by atoms with E-state index in [-0.39, 0.29) is 12.5 Å². The molecular formula is C13H11N3O2S. The second-order valence-electron chi connectivity index (χ2n) is 3.70. The van der Waals surface area contributed by atoms with E-state index >= 15 is 0 Å². The number of nitrogens with zero attached hydrogens (tertiary/aromatic N) is 2. The van der Waals surface area contributed by atoms with Gasteiger partial charge in [0.25, 0.3) is 5.91 Å². The van der Waals surface area contributed by atoms with Crippen molar-refractivity contribution in [2.45, 2.75) is 6.92 Å². The molecule has 0 atom stereocenters. The highest BCUT2D eigenvalue weighted by Crippen LogP contribution is 2.19. The predicted molar refractivity (Wildman–Crippen MR) is 72.4 cm³/mol. The Kier molecular flexibility index (Phi) is 4.11. The van der Waals surface area contributed by atoms with Gasteiger partial charge in [-0.3, -0.25) is 4.79 Å². The Labute approximate surface area is 114 Å². The van der Waals surface area contributed by atoms with Crippen LogP contribution in [0.2, 0.25) is 0 Å². The molecule has 1 aromatic heterocycles. The van der Waals surface area contributed by atoms with Crippen molar-refractivity contribution in [3.63, 3.8) is 0 Å². The Morgan fingerprint density at radius 3 is 3.11 bits per heavy atom. The van der Waals surface area contributed by atoms with Crippen LogP contribution in [0.4, 0.5) is 5.69 Å². The number of nitriles is 1. The van der Waals surface area contributed by atoms with Gasteiger partial charge in [0.15, 0.2) is 6.61 Å². The molecule has 1 heterocycles. The molecule has 1 aromatic carbocycles. The quantitative estimate of drug-likeness (QED) is 0.929. The van der Waals surface area contributed by atoms with Gasteiger partial charge in [-0.05, 0) is 19.1 Å². The number of rotatable bonds is 4. The van der Waals surface area contributed by atoms with Crippen LogP contribution in [0.25, 0.3) is 0 Å². The average molecular weight is 273 g/mol. The molecule has 0 aliphatic carbocycles. The molecule has 96 valence electrons. The Bertz CT molecular complexity index is 631. The summed E-state index contributed by atoms with van der Waals surface area (Å²) in [5.41, 5.74) is 2.96. The Hall–Kier alpha value is -2.39. The highest BCUT2D eigenvalue weighted by molar-refractivity contribution is 7.12. The molecule has 0 spiro atoms. The summed E-state index contributed by atoms with van der Waals surface area (Å²) >= 11 is 1.30. The monoisotopic (exact) mass is 273 g/mol. The first-order valence-electron chi connectivity index (χ1n) is 5.52. The van der Waals surface area contributed by atoms with Gasteiger partial charge < -0.3 is 10.1 Å². The van der Waals surface area contributed by atoms with Crippen molar-refractivity contribution < 1.29 is 9.53 Å². The SMILES string of the molecule is Cc1ncsc1C(=O)Nc1cccc(OCC#N)c1. The molecule has 5 nitrogen and oxygen atoms in total. The van der Waals surface area contributed by atoms with Crippen molar-refractivity contribution >= 4 is 22.9 Å². The normalized spacial score (nSPS) is 9.68. The molecule has 0 aliphatic rings. The van der Waals surface area contributed by atoms with E-state index < -0.39 is 0 Å². The molecule has 0 radical (unpaired) electrons. The minimum absolute atomic E-state index is 0.0225. The van der Waals surface area contributed by atoms with E-state index in [0.29, 0.717) is 22.0 Å². The molecular weight excluding hydrogens is 262 g/mol. The first kappa shape index (κ1) is 13.1. The van der Waals surface area contributed by atoms with Gasteiger partial charge in [0.05, 0.1) is 11.2 Å². The van der Waals surface area contributed by atoms with Gasteiger partial charge in [-0.15, -0.1) is 11.3 Å². The summed E-state index contributed by atoms with van der Waals surface area (Å²) in [6, 6.07) is 8.80. The first-order valence-corrected chi connectivity index (χ1v) is 6.40. The Morgan fingerprint density at radius 2 is 2.42 bits per heavy atom. The third-order valence-corrected chi connectivity index (χ3v) is 3.27. The molecule has 1 N–H and O–H groups in total. The van der Waals surface area contributed by atoms with Gasteiger partial charge in [0.1, 0.15) is 16.7 Å². The molecule has 0 saturated heterocycles. The summed E-state index contributed by atoms with van der Waals surface area (Å²) in [7, 11) is 0. The molecule has 1 amide bonds. The van der Waals surface area contributed by atoms with E-state index in [1.807, 2.05) is 6.07 Å². The van der Waals surface area contributed by atoms with E-state index in [4.69, 9.17) is 10.00 Å². The van der Waals surface area contributed by atoms with Gasteiger partial charge >= 0.3 is 0 Å². The van der Waals surface area contributed by atoms with Crippen LogP contribution >= 0.6 is 11.3 Å². The van der Waals surface area contributed by atoms with E-state index in [1.165, 1.54) is 11.3 Å². The number of amides is 1. The summed E-state index contributed by atoms with van der Waals surface area (Å²) in [6.45, 7) is 1.77. The molecule has 6 heteroatoms. The summed E-state index contributed by atoms with van der Waals surface area (Å²) in [5, 5.41) is 11.2. The number of carbonyl (C=O) groups excluding carboxylic acids is 1. The van der Waals surface area contributed by atoms with Crippen LogP contribution in [0.1, 0.15) is 15.4 Å². The molecule has 0 aliphatic heterocycles. The van der Waals surface area contributed by atoms with Crippen molar-refractivity contribution in [3.8, 4) is 11.8 Å². The number of anilines is 1. The van der Waals surface area contributed by atoms with Crippen molar-refractivity contribution in [1.82, 2.24) is 4.98 Å². The van der Waals surface area contributed by atoms with Crippen LogP contribution < -0.4 is 10.1 Å². The maximum Gasteiger partial charge on any atom is 0.267 e. The molecule has 0 saturated carbocycles. The number of carbonyl (C=O) groups is 1. The second-order valence-corrected chi connectivity index (χ2v) is 4.55. The second kappa shape index (κ2) is 5.98. The van der Waals surface area contributed by atoms with Gasteiger partial charge in [-0.1, -0.05) is 6.07 Å². The maximum atomic E-state index is 12.0. The third-order valence-electron chi connectivity index (χ3n) is 2.35. The third kappa shape index (κ3) is 3.30. The van der Waals surface area contributed by atoms with Gasteiger partial charge in [-0.2, -0.15) is 5.26 Å². The number of thiazole rings is 1. The fraction of sp³-hybridized carbons (Fsp3) is 0.154. The summed E-state index contributed by atoms with van der Waals surface area (Å²) in [5.74, 6) is 0.345. The fourth-order valence-corrected chi connectivity index (χ4v) is 2.18. The highest BCUT2D eigenvalue weighted by Gasteiger charge is 2.11. The average Bonchev–Trinajstić information content (AvgIpc) is 2.83. The summed E-state index contributed by atoms with van der Waals surface area (Å²) in [6.07, 6.45) is 0. The lowest BCUT2D eigenvalue weighted by molar-refractivity contribution is 0.103. The first-order chi connectivity index (χ1) is 9.20. The van der Waals surface area contributed by atoms with Gasteiger partial charge in [-0.25, -0.2) is 4.98 Å². The van der Waals surface area contributed by atoms with Crippen molar-refractivity contribution in [3.05, 3.63) is 40.3 Å². The molecule has 0 bridgehead atoms. The topological polar surface area (TPSA) is 75.0 Å².